The number of benzene rings is 1. The highest BCUT2D eigenvalue weighted by Crippen LogP contribution is 2.32. The molecule has 0 radical (unpaired) electrons. The molecule has 1 saturated carbocycles. The van der Waals surface area contributed by atoms with Crippen molar-refractivity contribution in [1.29, 1.82) is 0 Å². The first kappa shape index (κ1) is 23.1. The molecule has 10 heteroatoms. The van der Waals surface area contributed by atoms with Crippen LogP contribution in [-0.2, 0) is 21.1 Å². The third-order valence-corrected chi connectivity index (χ3v) is 8.25. The van der Waals surface area contributed by atoms with Crippen LogP contribution in [0, 0.1) is 5.92 Å². The monoisotopic (exact) mass is 493 g/mol. The number of halogens is 1. The maximum atomic E-state index is 13.3. The van der Waals surface area contributed by atoms with Crippen LogP contribution in [0.4, 0.5) is 0 Å². The Kier molecular flexibility index (Phi) is 6.78. The number of sulfone groups is 1. The molecule has 32 heavy (non-hydrogen) atoms. The second kappa shape index (κ2) is 9.41. The van der Waals surface area contributed by atoms with Gasteiger partial charge in [-0.15, -0.1) is 11.3 Å². The average Bonchev–Trinajstić information content (AvgIpc) is 3.17. The van der Waals surface area contributed by atoms with Gasteiger partial charge in [-0.2, -0.15) is 0 Å². The van der Waals surface area contributed by atoms with Gasteiger partial charge in [-0.05, 0) is 30.5 Å². The van der Waals surface area contributed by atoms with Crippen molar-refractivity contribution in [1.82, 2.24) is 14.5 Å². The number of Topliss-reactive ketones (excluding diaryl/α,β-unsaturated/α-hetero) is 1. The summed E-state index contributed by atoms with van der Waals surface area (Å²) in [6.45, 7) is 0. The van der Waals surface area contributed by atoms with E-state index >= 15 is 0 Å². The van der Waals surface area contributed by atoms with Crippen molar-refractivity contribution in [2.75, 3.05) is 6.26 Å². The van der Waals surface area contributed by atoms with E-state index in [9.17, 15) is 18.0 Å². The molecule has 0 spiro atoms. The molecule has 3 aromatic rings. The first-order chi connectivity index (χ1) is 15.2. The molecule has 1 aromatic carbocycles. The van der Waals surface area contributed by atoms with Gasteiger partial charge in [0, 0.05) is 6.26 Å². The molecule has 4 rings (SSSR count). The lowest BCUT2D eigenvalue weighted by molar-refractivity contribution is -0.122. The molecule has 1 unspecified atom stereocenters. The maximum absolute atomic E-state index is 13.3. The van der Waals surface area contributed by atoms with Gasteiger partial charge in [-0.3, -0.25) is 14.2 Å². The number of hydrogen-bond acceptors (Lipinski definition) is 7. The lowest BCUT2D eigenvalue weighted by atomic mass is 9.83. The molecule has 7 nitrogen and oxygen atoms in total. The van der Waals surface area contributed by atoms with Gasteiger partial charge in [0.1, 0.15) is 9.34 Å². The molecule has 2 aromatic heterocycles. The molecule has 1 aliphatic rings. The van der Waals surface area contributed by atoms with Gasteiger partial charge in [0.25, 0.3) is 5.56 Å². The number of rotatable bonds is 7. The lowest BCUT2D eigenvalue weighted by Gasteiger charge is -2.27. The van der Waals surface area contributed by atoms with E-state index in [1.165, 1.54) is 53.0 Å². The molecule has 0 saturated heterocycles. The fourth-order valence-electron chi connectivity index (χ4n) is 4.34. The van der Waals surface area contributed by atoms with Gasteiger partial charge < -0.3 is 0 Å². The standard InChI is InChI=1S/C22H24ClN3O4S2/c1-32(29,30)15-7-8-16-17(10-15)25-13-26(22(16)28)18(9-14-5-3-2-4-6-14)19(27)11-21-24-12-20(23)31-21/h7-8,10,12-14,18H,2-6,9,11H2,1H3. The van der Waals surface area contributed by atoms with Crippen LogP contribution in [0.1, 0.15) is 49.6 Å². The molecule has 0 bridgehead atoms. The highest BCUT2D eigenvalue weighted by Gasteiger charge is 2.28. The zero-order valence-corrected chi connectivity index (χ0v) is 20.0. The normalized spacial score (nSPS) is 16.3. The van der Waals surface area contributed by atoms with Crippen LogP contribution < -0.4 is 5.56 Å². The predicted octanol–water partition coefficient (Wildman–Crippen LogP) is 4.23. The van der Waals surface area contributed by atoms with Crippen LogP contribution >= 0.6 is 22.9 Å². The van der Waals surface area contributed by atoms with Gasteiger partial charge in [-0.1, -0.05) is 43.7 Å². The number of nitrogens with zero attached hydrogens (tertiary/aromatic N) is 3. The Bertz CT molecular complexity index is 1310. The maximum Gasteiger partial charge on any atom is 0.261 e. The van der Waals surface area contributed by atoms with Crippen molar-refractivity contribution < 1.29 is 13.2 Å². The number of thiazole rings is 1. The molecule has 0 N–H and O–H groups in total. The predicted molar refractivity (Wildman–Crippen MR) is 125 cm³/mol. The molecule has 2 heterocycles. The third kappa shape index (κ3) is 5.10. The second-order valence-electron chi connectivity index (χ2n) is 8.36. The molecule has 1 aliphatic carbocycles. The summed E-state index contributed by atoms with van der Waals surface area (Å²) in [5.41, 5.74) is -0.0499. The summed E-state index contributed by atoms with van der Waals surface area (Å²) in [6, 6.07) is 3.62. The number of aromatic nitrogens is 3. The van der Waals surface area contributed by atoms with Crippen molar-refractivity contribution in [2.24, 2.45) is 5.92 Å². The smallest absolute Gasteiger partial charge is 0.261 e. The number of ketones is 1. The van der Waals surface area contributed by atoms with Gasteiger partial charge in [0.05, 0.1) is 40.8 Å². The Morgan fingerprint density at radius 3 is 2.66 bits per heavy atom. The number of carbonyl (C=O) groups is 1. The van der Waals surface area contributed by atoms with E-state index in [0.29, 0.717) is 32.6 Å². The summed E-state index contributed by atoms with van der Waals surface area (Å²) in [5.74, 6) is 0.269. The van der Waals surface area contributed by atoms with Crippen LogP contribution in [0.5, 0.6) is 0 Å². The summed E-state index contributed by atoms with van der Waals surface area (Å²) in [5, 5.41) is 0.909. The number of fused-ring (bicyclic) bond motifs is 1. The Labute approximate surface area is 195 Å². The molecular weight excluding hydrogens is 470 g/mol. The Hall–Kier alpha value is -2.10. The minimum absolute atomic E-state index is 0.0994. The van der Waals surface area contributed by atoms with Crippen LogP contribution in [0.15, 0.2) is 40.4 Å². The van der Waals surface area contributed by atoms with E-state index in [4.69, 9.17) is 11.6 Å². The first-order valence-electron chi connectivity index (χ1n) is 10.6. The fraction of sp³-hybridized carbons (Fsp3) is 0.455. The summed E-state index contributed by atoms with van der Waals surface area (Å²) in [4.78, 5) is 35.3. The fourth-order valence-corrected chi connectivity index (χ4v) is 5.95. The molecule has 170 valence electrons. The average molecular weight is 494 g/mol. The second-order valence-corrected chi connectivity index (χ2v) is 12.1. The first-order valence-corrected chi connectivity index (χ1v) is 13.6. The van der Waals surface area contributed by atoms with Crippen molar-refractivity contribution in [2.45, 2.75) is 55.9 Å². The summed E-state index contributed by atoms with van der Waals surface area (Å²) in [6.07, 6.45) is 10.2. The van der Waals surface area contributed by atoms with Gasteiger partial charge in [0.15, 0.2) is 15.6 Å². The highest BCUT2D eigenvalue weighted by atomic mass is 35.5. The van der Waals surface area contributed by atoms with Crippen molar-refractivity contribution in [3.63, 3.8) is 0 Å². The van der Waals surface area contributed by atoms with E-state index in [-0.39, 0.29) is 22.7 Å². The Balaban J connectivity index is 1.72. The quantitative estimate of drug-likeness (QED) is 0.488. The topological polar surface area (TPSA) is 99.0 Å². The minimum Gasteiger partial charge on any atom is -0.297 e. The molecule has 1 fully saturated rings. The van der Waals surface area contributed by atoms with Crippen molar-refractivity contribution >= 4 is 49.5 Å². The molecule has 0 amide bonds. The third-order valence-electron chi connectivity index (χ3n) is 6.02. The van der Waals surface area contributed by atoms with Gasteiger partial charge in [0.2, 0.25) is 0 Å². The summed E-state index contributed by atoms with van der Waals surface area (Å²) in [7, 11) is -3.42. The van der Waals surface area contributed by atoms with E-state index in [0.717, 1.165) is 31.9 Å². The van der Waals surface area contributed by atoms with Crippen LogP contribution in [-0.4, -0.2) is 35.0 Å². The zero-order valence-electron chi connectivity index (χ0n) is 17.7. The minimum atomic E-state index is -3.42. The van der Waals surface area contributed by atoms with Gasteiger partial charge >= 0.3 is 0 Å². The zero-order chi connectivity index (χ0) is 22.9. The molecule has 0 aliphatic heterocycles. The molecule has 1 atom stereocenters. The van der Waals surface area contributed by atoms with Crippen LogP contribution in [0.25, 0.3) is 10.9 Å². The van der Waals surface area contributed by atoms with E-state index in [1.54, 1.807) is 0 Å². The Morgan fingerprint density at radius 2 is 2.00 bits per heavy atom. The van der Waals surface area contributed by atoms with E-state index in [1.807, 2.05) is 0 Å². The van der Waals surface area contributed by atoms with Crippen molar-refractivity contribution in [3.05, 3.63) is 50.4 Å². The SMILES string of the molecule is CS(=O)(=O)c1ccc2c(=O)n(C(CC3CCCCC3)C(=O)Cc3ncc(Cl)s3)cnc2c1. The summed E-state index contributed by atoms with van der Waals surface area (Å²) >= 11 is 7.23. The largest absolute Gasteiger partial charge is 0.297 e. The number of carbonyl (C=O) groups excluding carboxylic acids is 1. The van der Waals surface area contributed by atoms with Crippen LogP contribution in [0.3, 0.4) is 0 Å². The van der Waals surface area contributed by atoms with Crippen molar-refractivity contribution in [3.8, 4) is 0 Å². The van der Waals surface area contributed by atoms with E-state index in [2.05, 4.69) is 9.97 Å². The van der Waals surface area contributed by atoms with Gasteiger partial charge in [-0.25, -0.2) is 18.4 Å². The number of hydrogen-bond donors (Lipinski definition) is 0. The van der Waals surface area contributed by atoms with Crippen LogP contribution in [0.2, 0.25) is 4.34 Å². The molecular formula is C22H24ClN3O4S2. The lowest BCUT2D eigenvalue weighted by Crippen LogP contribution is -2.33. The van der Waals surface area contributed by atoms with E-state index < -0.39 is 15.9 Å². The Morgan fingerprint density at radius 1 is 1.25 bits per heavy atom. The summed E-state index contributed by atoms with van der Waals surface area (Å²) < 4.78 is 25.6. The highest BCUT2D eigenvalue weighted by molar-refractivity contribution is 7.90.